The van der Waals surface area contributed by atoms with Gasteiger partial charge in [0, 0.05) is 32.0 Å². The van der Waals surface area contributed by atoms with Crippen LogP contribution in [0, 0.1) is 13.8 Å². The summed E-state index contributed by atoms with van der Waals surface area (Å²) in [6.07, 6.45) is 4.22. The number of aliphatic imine (C=N–C) groups is 1. The van der Waals surface area contributed by atoms with E-state index in [-0.39, 0.29) is 24.0 Å². The van der Waals surface area contributed by atoms with Crippen LogP contribution in [-0.2, 0) is 22.6 Å². The van der Waals surface area contributed by atoms with E-state index in [9.17, 15) is 0 Å². The third kappa shape index (κ3) is 4.65. The Morgan fingerprint density at radius 2 is 2.20 bits per heavy atom. The number of halogens is 1. The molecule has 0 radical (unpaired) electrons. The highest BCUT2D eigenvalue weighted by Gasteiger charge is 2.41. The highest BCUT2D eigenvalue weighted by Crippen LogP contribution is 2.34. The molecule has 3 heterocycles. The SMILES string of the molecule is CN=C(NCc1c(C)nn(CCOC)c1C)NC1CC2CCC1O2.I. The van der Waals surface area contributed by atoms with Crippen LogP contribution in [0.4, 0.5) is 0 Å². The van der Waals surface area contributed by atoms with Gasteiger partial charge in [-0.15, -0.1) is 24.0 Å². The number of aromatic nitrogens is 2. The maximum atomic E-state index is 5.90. The molecule has 0 amide bonds. The lowest BCUT2D eigenvalue weighted by molar-refractivity contribution is 0.0992. The zero-order valence-electron chi connectivity index (χ0n) is 15.5. The number of nitrogens with zero attached hydrogens (tertiary/aromatic N) is 3. The summed E-state index contributed by atoms with van der Waals surface area (Å²) in [5, 5.41) is 11.5. The summed E-state index contributed by atoms with van der Waals surface area (Å²) in [4.78, 5) is 4.36. The molecule has 0 saturated carbocycles. The highest BCUT2D eigenvalue weighted by molar-refractivity contribution is 14.0. The molecule has 3 rings (SSSR count). The quantitative estimate of drug-likeness (QED) is 0.382. The number of aryl methyl sites for hydroxylation is 1. The van der Waals surface area contributed by atoms with Gasteiger partial charge in [-0.05, 0) is 33.1 Å². The Labute approximate surface area is 167 Å². The fraction of sp³-hybridized carbons (Fsp3) is 0.765. The standard InChI is InChI=1S/C17H29N5O2.HI/c1-11-14(12(2)22(21-11)7-8-23-4)10-19-17(18-3)20-15-9-13-5-6-16(15)24-13;/h13,15-16H,5-10H2,1-4H3,(H2,18,19,20);1H. The molecule has 1 aromatic heterocycles. The number of nitrogens with one attached hydrogen (secondary N) is 2. The van der Waals surface area contributed by atoms with Crippen LogP contribution in [-0.4, -0.2) is 54.8 Å². The third-order valence-electron chi connectivity index (χ3n) is 5.12. The predicted octanol–water partition coefficient (Wildman–Crippen LogP) is 1.75. The van der Waals surface area contributed by atoms with Gasteiger partial charge in [-0.3, -0.25) is 9.67 Å². The minimum absolute atomic E-state index is 0. The van der Waals surface area contributed by atoms with Crippen LogP contribution >= 0.6 is 24.0 Å². The van der Waals surface area contributed by atoms with Gasteiger partial charge < -0.3 is 20.1 Å². The Hall–Kier alpha value is -0.870. The molecule has 3 unspecified atom stereocenters. The van der Waals surface area contributed by atoms with Crippen molar-refractivity contribution in [3.63, 3.8) is 0 Å². The molecule has 0 aromatic carbocycles. The van der Waals surface area contributed by atoms with Gasteiger partial charge in [0.05, 0.1) is 37.1 Å². The lowest BCUT2D eigenvalue weighted by Crippen LogP contribution is -2.47. The number of hydrogen-bond donors (Lipinski definition) is 2. The van der Waals surface area contributed by atoms with Gasteiger partial charge in [-0.25, -0.2) is 0 Å². The zero-order valence-corrected chi connectivity index (χ0v) is 17.9. The molecule has 3 atom stereocenters. The number of methoxy groups -OCH3 is 1. The molecule has 7 nitrogen and oxygen atoms in total. The summed E-state index contributed by atoms with van der Waals surface area (Å²) in [6, 6.07) is 0.376. The average Bonchev–Trinajstić information content (AvgIpc) is 3.26. The number of ether oxygens (including phenoxy) is 2. The van der Waals surface area contributed by atoms with Crippen molar-refractivity contribution in [3.05, 3.63) is 17.0 Å². The third-order valence-corrected chi connectivity index (χ3v) is 5.12. The summed E-state index contributed by atoms with van der Waals surface area (Å²) in [5.41, 5.74) is 3.45. The Balaban J connectivity index is 0.00000225. The largest absolute Gasteiger partial charge is 0.383 e. The molecule has 2 aliphatic heterocycles. The number of guanidine groups is 1. The van der Waals surface area contributed by atoms with E-state index >= 15 is 0 Å². The van der Waals surface area contributed by atoms with Gasteiger partial charge in [-0.1, -0.05) is 0 Å². The van der Waals surface area contributed by atoms with E-state index in [0.29, 0.717) is 31.4 Å². The first-order valence-corrected chi connectivity index (χ1v) is 8.76. The van der Waals surface area contributed by atoms with E-state index in [1.165, 1.54) is 17.7 Å². The second kappa shape index (κ2) is 9.18. The van der Waals surface area contributed by atoms with Crippen molar-refractivity contribution < 1.29 is 9.47 Å². The summed E-state index contributed by atoms with van der Waals surface area (Å²) in [5.74, 6) is 0.833. The summed E-state index contributed by atoms with van der Waals surface area (Å²) in [6.45, 7) is 6.31. The molecule has 2 saturated heterocycles. The van der Waals surface area contributed by atoms with Crippen molar-refractivity contribution in [2.75, 3.05) is 20.8 Å². The Morgan fingerprint density at radius 3 is 2.80 bits per heavy atom. The first kappa shape index (κ1) is 20.4. The van der Waals surface area contributed by atoms with Gasteiger partial charge in [0.15, 0.2) is 5.96 Å². The molecule has 2 fully saturated rings. The molecule has 25 heavy (non-hydrogen) atoms. The number of hydrogen-bond acceptors (Lipinski definition) is 4. The lowest BCUT2D eigenvalue weighted by Gasteiger charge is -2.22. The van der Waals surface area contributed by atoms with E-state index < -0.39 is 0 Å². The molecule has 142 valence electrons. The molecule has 8 heteroatoms. The van der Waals surface area contributed by atoms with E-state index in [0.717, 1.165) is 31.0 Å². The lowest BCUT2D eigenvalue weighted by atomic mass is 9.96. The van der Waals surface area contributed by atoms with Gasteiger partial charge in [0.25, 0.3) is 0 Å². The van der Waals surface area contributed by atoms with Crippen molar-refractivity contribution in [2.45, 2.75) is 64.4 Å². The first-order valence-electron chi connectivity index (χ1n) is 8.76. The zero-order chi connectivity index (χ0) is 17.1. The van der Waals surface area contributed by atoms with Gasteiger partial charge in [0.2, 0.25) is 0 Å². The second-order valence-electron chi connectivity index (χ2n) is 6.65. The second-order valence-corrected chi connectivity index (χ2v) is 6.65. The molecule has 2 bridgehead atoms. The van der Waals surface area contributed by atoms with Crippen molar-refractivity contribution >= 4 is 29.9 Å². The van der Waals surface area contributed by atoms with Crippen LogP contribution in [0.25, 0.3) is 0 Å². The Bertz CT molecular complexity index is 604. The van der Waals surface area contributed by atoms with Gasteiger partial charge >= 0.3 is 0 Å². The van der Waals surface area contributed by atoms with Crippen LogP contribution in [0.2, 0.25) is 0 Å². The summed E-state index contributed by atoms with van der Waals surface area (Å²) >= 11 is 0. The molecule has 2 N–H and O–H groups in total. The van der Waals surface area contributed by atoms with Crippen LogP contribution in [0.15, 0.2) is 4.99 Å². The van der Waals surface area contributed by atoms with Crippen LogP contribution < -0.4 is 10.6 Å². The normalized spacial score (nSPS) is 25.1. The number of rotatable bonds is 6. The van der Waals surface area contributed by atoms with Crippen molar-refractivity contribution in [1.29, 1.82) is 0 Å². The monoisotopic (exact) mass is 463 g/mol. The minimum atomic E-state index is 0. The fourth-order valence-electron chi connectivity index (χ4n) is 3.72. The highest BCUT2D eigenvalue weighted by atomic mass is 127. The topological polar surface area (TPSA) is 72.7 Å². The van der Waals surface area contributed by atoms with Gasteiger partial charge in [0.1, 0.15) is 0 Å². The number of fused-ring (bicyclic) bond motifs is 2. The van der Waals surface area contributed by atoms with E-state index in [1.807, 2.05) is 18.7 Å². The maximum Gasteiger partial charge on any atom is 0.191 e. The maximum absolute atomic E-state index is 5.90. The molecule has 0 spiro atoms. The average molecular weight is 463 g/mol. The van der Waals surface area contributed by atoms with Crippen LogP contribution in [0.5, 0.6) is 0 Å². The molecule has 0 aliphatic carbocycles. The predicted molar refractivity (Wildman–Crippen MR) is 109 cm³/mol. The fourth-order valence-corrected chi connectivity index (χ4v) is 3.72. The molecular weight excluding hydrogens is 433 g/mol. The van der Waals surface area contributed by atoms with Crippen LogP contribution in [0.3, 0.4) is 0 Å². The Kier molecular flexibility index (Phi) is 7.51. The minimum Gasteiger partial charge on any atom is -0.383 e. The Morgan fingerprint density at radius 1 is 1.40 bits per heavy atom. The van der Waals surface area contributed by atoms with Gasteiger partial charge in [-0.2, -0.15) is 5.10 Å². The van der Waals surface area contributed by atoms with Crippen molar-refractivity contribution in [1.82, 2.24) is 20.4 Å². The molecular formula is C17H30IN5O2. The first-order chi connectivity index (χ1) is 11.6. The molecule has 1 aromatic rings. The van der Waals surface area contributed by atoms with Crippen LogP contribution in [0.1, 0.15) is 36.2 Å². The summed E-state index contributed by atoms with van der Waals surface area (Å²) in [7, 11) is 3.52. The summed E-state index contributed by atoms with van der Waals surface area (Å²) < 4.78 is 13.1. The van der Waals surface area contributed by atoms with E-state index in [4.69, 9.17) is 9.47 Å². The van der Waals surface area contributed by atoms with E-state index in [1.54, 1.807) is 7.11 Å². The van der Waals surface area contributed by atoms with Crippen molar-refractivity contribution in [3.8, 4) is 0 Å². The van der Waals surface area contributed by atoms with E-state index in [2.05, 4.69) is 27.6 Å². The van der Waals surface area contributed by atoms with Crippen molar-refractivity contribution in [2.24, 2.45) is 4.99 Å². The molecule has 2 aliphatic rings. The smallest absolute Gasteiger partial charge is 0.191 e.